The maximum Gasteiger partial charge on any atom is 0.148 e. The van der Waals surface area contributed by atoms with E-state index in [0.29, 0.717) is 12.7 Å². The van der Waals surface area contributed by atoms with Gasteiger partial charge in [-0.05, 0) is 25.0 Å². The Hall–Kier alpha value is -0.0200. The van der Waals surface area contributed by atoms with Gasteiger partial charge in [-0.25, -0.2) is 0 Å². The molecule has 0 heterocycles. The minimum atomic E-state index is -0.759. The topological polar surface area (TPSA) is 37.3 Å². The zero-order valence-electron chi connectivity index (χ0n) is 5.29. The number of aliphatic hydroxyl groups excluding tert-OH is 1. The van der Waals surface area contributed by atoms with Crippen LogP contribution in [-0.4, -0.2) is 23.2 Å². The number of rotatable bonds is 5. The Balaban J connectivity index is 2.96. The highest BCUT2D eigenvalue weighted by atomic mass is 32.1. The molecule has 0 spiro atoms. The molecule has 0 radical (unpaired) electrons. The number of thiol groups is 1. The van der Waals surface area contributed by atoms with Gasteiger partial charge in [-0.15, -0.1) is 0 Å². The molecule has 0 bridgehead atoms. The molecule has 0 aliphatic heterocycles. The third-order valence-corrected chi connectivity index (χ3v) is 1.38. The molecule has 0 aliphatic rings. The number of unbranched alkanes of at least 4 members (excludes halogenated alkanes) is 1. The number of carbonyl (C=O) groups excluding carboxylic acids is 1. The Morgan fingerprint density at radius 3 is 2.67 bits per heavy atom. The average molecular weight is 148 g/mol. The second-order valence-corrected chi connectivity index (χ2v) is 2.37. The van der Waals surface area contributed by atoms with Crippen LogP contribution in [0.15, 0.2) is 0 Å². The minimum absolute atomic E-state index is 0.568. The van der Waals surface area contributed by atoms with Crippen LogP contribution in [0.3, 0.4) is 0 Å². The predicted molar refractivity (Wildman–Crippen MR) is 39.8 cm³/mol. The van der Waals surface area contributed by atoms with Crippen molar-refractivity contribution in [2.75, 3.05) is 5.75 Å². The fourth-order valence-electron chi connectivity index (χ4n) is 0.533. The number of hydrogen-bond acceptors (Lipinski definition) is 3. The molecule has 0 aromatic heterocycles. The van der Waals surface area contributed by atoms with Crippen LogP contribution in [0.25, 0.3) is 0 Å². The van der Waals surface area contributed by atoms with E-state index in [1.807, 2.05) is 0 Å². The SMILES string of the molecule is O=CC(O)CCCCS. The Morgan fingerprint density at radius 2 is 2.22 bits per heavy atom. The monoisotopic (exact) mass is 148 g/mol. The van der Waals surface area contributed by atoms with E-state index in [-0.39, 0.29) is 0 Å². The maximum absolute atomic E-state index is 9.83. The first kappa shape index (κ1) is 8.98. The van der Waals surface area contributed by atoms with E-state index in [9.17, 15) is 4.79 Å². The summed E-state index contributed by atoms with van der Waals surface area (Å²) in [7, 11) is 0. The van der Waals surface area contributed by atoms with Crippen molar-refractivity contribution in [3.05, 3.63) is 0 Å². The van der Waals surface area contributed by atoms with E-state index >= 15 is 0 Å². The molecule has 9 heavy (non-hydrogen) atoms. The molecular formula is C6H12O2S. The summed E-state index contributed by atoms with van der Waals surface area (Å²) in [6, 6.07) is 0. The molecule has 54 valence electrons. The van der Waals surface area contributed by atoms with Crippen LogP contribution in [0.5, 0.6) is 0 Å². The Kier molecular flexibility index (Phi) is 6.09. The van der Waals surface area contributed by atoms with Crippen molar-refractivity contribution in [2.24, 2.45) is 0 Å². The quantitative estimate of drug-likeness (QED) is 0.341. The lowest BCUT2D eigenvalue weighted by molar-refractivity contribution is -0.115. The molecule has 0 aromatic carbocycles. The second kappa shape index (κ2) is 6.11. The number of aldehydes is 1. The van der Waals surface area contributed by atoms with Crippen LogP contribution in [0.4, 0.5) is 0 Å². The van der Waals surface area contributed by atoms with Crippen LogP contribution in [0.2, 0.25) is 0 Å². The van der Waals surface area contributed by atoms with Crippen LogP contribution >= 0.6 is 12.6 Å². The zero-order chi connectivity index (χ0) is 7.11. The fraction of sp³-hybridized carbons (Fsp3) is 0.833. The van der Waals surface area contributed by atoms with Gasteiger partial charge in [0.15, 0.2) is 0 Å². The van der Waals surface area contributed by atoms with E-state index in [0.717, 1.165) is 18.6 Å². The van der Waals surface area contributed by atoms with Gasteiger partial charge in [0.1, 0.15) is 12.4 Å². The summed E-state index contributed by atoms with van der Waals surface area (Å²) < 4.78 is 0. The van der Waals surface area contributed by atoms with Gasteiger partial charge in [0.25, 0.3) is 0 Å². The Morgan fingerprint density at radius 1 is 1.56 bits per heavy atom. The summed E-state index contributed by atoms with van der Waals surface area (Å²) in [5.74, 6) is 0.825. The van der Waals surface area contributed by atoms with Gasteiger partial charge in [0.05, 0.1) is 0 Å². The zero-order valence-corrected chi connectivity index (χ0v) is 6.18. The highest BCUT2D eigenvalue weighted by Gasteiger charge is 1.98. The lowest BCUT2D eigenvalue weighted by Crippen LogP contribution is -2.06. The summed E-state index contributed by atoms with van der Waals surface area (Å²) in [6.07, 6.45) is 2.23. The smallest absolute Gasteiger partial charge is 0.148 e. The van der Waals surface area contributed by atoms with E-state index in [2.05, 4.69) is 12.6 Å². The van der Waals surface area contributed by atoms with Crippen LogP contribution in [0.1, 0.15) is 19.3 Å². The number of hydrogen-bond donors (Lipinski definition) is 2. The molecule has 1 N–H and O–H groups in total. The fourth-order valence-corrected chi connectivity index (χ4v) is 0.757. The van der Waals surface area contributed by atoms with Gasteiger partial charge in [-0.2, -0.15) is 12.6 Å². The van der Waals surface area contributed by atoms with Gasteiger partial charge in [-0.1, -0.05) is 0 Å². The molecule has 3 heteroatoms. The van der Waals surface area contributed by atoms with Crippen molar-refractivity contribution in [3.63, 3.8) is 0 Å². The van der Waals surface area contributed by atoms with Crippen molar-refractivity contribution in [1.29, 1.82) is 0 Å². The van der Waals surface area contributed by atoms with E-state index in [1.165, 1.54) is 0 Å². The summed E-state index contributed by atoms with van der Waals surface area (Å²) in [5.41, 5.74) is 0. The van der Waals surface area contributed by atoms with Gasteiger partial charge in [-0.3, -0.25) is 0 Å². The normalized spacial score (nSPS) is 13.1. The predicted octanol–water partition coefficient (Wildman–Crippen LogP) is 0.646. The summed E-state index contributed by atoms with van der Waals surface area (Å²) in [4.78, 5) is 9.83. The molecule has 0 rings (SSSR count). The summed E-state index contributed by atoms with van der Waals surface area (Å²) >= 11 is 3.98. The van der Waals surface area contributed by atoms with Crippen LogP contribution < -0.4 is 0 Å². The van der Waals surface area contributed by atoms with E-state index in [1.54, 1.807) is 0 Å². The standard InChI is InChI=1S/C6H12O2S/c7-5-6(8)3-1-2-4-9/h5-6,8-9H,1-4H2. The molecule has 0 amide bonds. The first-order valence-electron chi connectivity index (χ1n) is 3.05. The van der Waals surface area contributed by atoms with Crippen molar-refractivity contribution in [3.8, 4) is 0 Å². The Labute approximate surface area is 60.7 Å². The molecule has 0 aromatic rings. The van der Waals surface area contributed by atoms with Crippen molar-refractivity contribution < 1.29 is 9.90 Å². The highest BCUT2D eigenvalue weighted by Crippen LogP contribution is 1.99. The van der Waals surface area contributed by atoms with Gasteiger partial charge in [0.2, 0.25) is 0 Å². The molecule has 0 fully saturated rings. The molecule has 0 saturated heterocycles. The number of aliphatic hydroxyl groups is 1. The van der Waals surface area contributed by atoms with Gasteiger partial charge >= 0.3 is 0 Å². The first-order chi connectivity index (χ1) is 4.31. The molecule has 1 unspecified atom stereocenters. The molecular weight excluding hydrogens is 136 g/mol. The highest BCUT2D eigenvalue weighted by molar-refractivity contribution is 7.80. The largest absolute Gasteiger partial charge is 0.386 e. The Bertz CT molecular complexity index is 75.5. The third kappa shape index (κ3) is 5.86. The molecule has 1 atom stereocenters. The first-order valence-corrected chi connectivity index (χ1v) is 3.68. The second-order valence-electron chi connectivity index (χ2n) is 1.92. The third-order valence-electron chi connectivity index (χ3n) is 1.07. The molecule has 0 saturated carbocycles. The molecule has 0 aliphatic carbocycles. The van der Waals surface area contributed by atoms with Gasteiger partial charge < -0.3 is 9.90 Å². The summed E-state index contributed by atoms with van der Waals surface area (Å²) in [5, 5.41) is 8.69. The van der Waals surface area contributed by atoms with Crippen molar-refractivity contribution in [1.82, 2.24) is 0 Å². The van der Waals surface area contributed by atoms with E-state index < -0.39 is 6.10 Å². The van der Waals surface area contributed by atoms with E-state index in [4.69, 9.17) is 5.11 Å². The average Bonchev–Trinajstić information content (AvgIpc) is 1.89. The minimum Gasteiger partial charge on any atom is -0.386 e. The molecule has 2 nitrogen and oxygen atoms in total. The van der Waals surface area contributed by atoms with Crippen LogP contribution in [-0.2, 0) is 4.79 Å². The maximum atomic E-state index is 9.83. The summed E-state index contributed by atoms with van der Waals surface area (Å²) in [6.45, 7) is 0. The number of carbonyl (C=O) groups is 1. The van der Waals surface area contributed by atoms with Crippen LogP contribution in [0, 0.1) is 0 Å². The van der Waals surface area contributed by atoms with Crippen molar-refractivity contribution >= 4 is 18.9 Å². The van der Waals surface area contributed by atoms with Gasteiger partial charge in [0, 0.05) is 0 Å². The lowest BCUT2D eigenvalue weighted by atomic mass is 10.2. The van der Waals surface area contributed by atoms with Crippen molar-refractivity contribution in [2.45, 2.75) is 25.4 Å². The lowest BCUT2D eigenvalue weighted by Gasteiger charge is -1.98.